The van der Waals surface area contributed by atoms with E-state index < -0.39 is 0 Å². The Hall–Kier alpha value is 4.34. The topological polar surface area (TPSA) is 0 Å². The largest absolute Gasteiger partial charge is 0 e. The molecule has 0 heterocycles. The van der Waals surface area contributed by atoms with Crippen LogP contribution >= 0.6 is 0 Å². The molecule has 0 saturated carbocycles. The molecule has 0 aliphatic heterocycles. The first-order valence-electron chi connectivity index (χ1n) is 0. The van der Waals surface area contributed by atoms with E-state index in [0.29, 0.717) is 0 Å². The van der Waals surface area contributed by atoms with E-state index >= 15 is 0 Å². The minimum absolute atomic E-state index is 0. The van der Waals surface area contributed by atoms with Crippen LogP contribution < -0.4 is 0 Å². The van der Waals surface area contributed by atoms with Crippen LogP contribution in [0.2, 0.25) is 0 Å². The Labute approximate surface area is 130 Å². The summed E-state index contributed by atoms with van der Waals surface area (Å²) in [5.74, 6) is 0. The van der Waals surface area contributed by atoms with Crippen molar-refractivity contribution in [2.75, 3.05) is 0 Å². The fourth-order valence-corrected chi connectivity index (χ4v) is 0. The minimum Gasteiger partial charge on any atom is 0 e. The second-order valence-electron chi connectivity index (χ2n) is 0. The van der Waals surface area contributed by atoms with E-state index in [1.165, 1.54) is 0 Å². The van der Waals surface area contributed by atoms with Crippen LogP contribution in [-0.4, -0.2) is 113 Å². The molecule has 0 aromatic rings. The summed E-state index contributed by atoms with van der Waals surface area (Å²) in [4.78, 5) is 0. The number of hydrogen-bond donors (Lipinski definition) is 0. The summed E-state index contributed by atoms with van der Waals surface area (Å²) in [5, 5.41) is 0. The van der Waals surface area contributed by atoms with Gasteiger partial charge in [0.15, 0.2) is 17.4 Å². The van der Waals surface area contributed by atoms with Gasteiger partial charge in [0.05, 0.1) is 0 Å². The molecule has 0 N–H and O–H groups in total. The van der Waals surface area contributed by atoms with Gasteiger partial charge < -0.3 is 0 Å². The van der Waals surface area contributed by atoms with Gasteiger partial charge in [0.2, 0.25) is 0 Å². The van der Waals surface area contributed by atoms with E-state index in [0.717, 1.165) is 0 Å². The maximum atomic E-state index is 0. The molecule has 34 valence electrons. The van der Waals surface area contributed by atoms with E-state index in [4.69, 9.17) is 0 Å². The number of hydrogen-bond acceptors (Lipinski definition) is 0. The van der Waals surface area contributed by atoms with Gasteiger partial charge in [-0.2, -0.15) is 0 Å². The molecule has 0 aliphatic rings. The second kappa shape index (κ2) is 34.5. The van der Waals surface area contributed by atoms with Crippen molar-refractivity contribution < 1.29 is 19.5 Å². The van der Waals surface area contributed by atoms with Crippen molar-refractivity contribution in [2.45, 2.75) is 0 Å². The molecule has 0 saturated heterocycles. The molecule has 0 spiro atoms. The van der Waals surface area contributed by atoms with Crippen molar-refractivity contribution in [3.63, 3.8) is 0 Å². The van der Waals surface area contributed by atoms with E-state index in [2.05, 4.69) is 0 Å². The zero-order valence-corrected chi connectivity index (χ0v) is 14.6. The summed E-state index contributed by atoms with van der Waals surface area (Å²) in [6, 6.07) is 0. The van der Waals surface area contributed by atoms with Crippen LogP contribution in [0.1, 0.15) is 0 Å². The molecular formula is H14AlBiGaInSnZn. The average molecular weight is 619 g/mol. The summed E-state index contributed by atoms with van der Waals surface area (Å²) in [7, 11) is 0. The van der Waals surface area contributed by atoms with Crippen molar-refractivity contribution in [3.05, 3.63) is 0 Å². The minimum atomic E-state index is 0. The normalized spacial score (nSPS) is 0. The maximum absolute atomic E-state index is 0. The summed E-state index contributed by atoms with van der Waals surface area (Å²) in [6.07, 6.45) is 0. The molecule has 6 heteroatoms. The summed E-state index contributed by atoms with van der Waals surface area (Å²) >= 11 is 0. The van der Waals surface area contributed by atoms with Crippen LogP contribution in [0.5, 0.6) is 0 Å². The van der Waals surface area contributed by atoms with Crippen molar-refractivity contribution in [1.82, 2.24) is 0 Å². The Balaban J connectivity index is 0. The predicted molar refractivity (Wildman–Crippen MR) is 48.3 cm³/mol. The van der Waals surface area contributed by atoms with Crippen LogP contribution in [0, 0.1) is 0 Å². The first-order chi connectivity index (χ1) is 0. The van der Waals surface area contributed by atoms with Gasteiger partial charge in [0.25, 0.3) is 0 Å². The zero-order chi connectivity index (χ0) is 0. The molecule has 0 fully saturated rings. The van der Waals surface area contributed by atoms with Crippen molar-refractivity contribution in [2.24, 2.45) is 0 Å². The SMILES string of the molecule is [AlH3].[BiH3].[GaH3].[InH3].[SnH2].[Zn]. The first-order valence-corrected chi connectivity index (χ1v) is 0. The van der Waals surface area contributed by atoms with Gasteiger partial charge in [0, 0.05) is 19.5 Å². The summed E-state index contributed by atoms with van der Waals surface area (Å²) in [5.41, 5.74) is 0. The van der Waals surface area contributed by atoms with Gasteiger partial charge in [-0.15, -0.1) is 0 Å². The third kappa shape index (κ3) is 23.8. The Kier molecular flexibility index (Phi) is 275. The monoisotopic (exact) mass is 618 g/mol. The molecule has 0 nitrogen and oxygen atoms in total. The van der Waals surface area contributed by atoms with Crippen LogP contribution in [0.4, 0.5) is 0 Å². The first kappa shape index (κ1) is 47.9. The van der Waals surface area contributed by atoms with Gasteiger partial charge in [-0.3, -0.25) is 0 Å². The van der Waals surface area contributed by atoms with Crippen LogP contribution in [0.3, 0.4) is 0 Å². The van der Waals surface area contributed by atoms with Crippen LogP contribution in [-0.2, 0) is 19.5 Å². The van der Waals surface area contributed by atoms with Gasteiger partial charge in [0.1, 0.15) is 0 Å². The second-order valence-corrected chi connectivity index (χ2v) is 0. The standard InChI is InChI=1S/Al.Bi.Ga.In.Sn.Zn.14H. The van der Waals surface area contributed by atoms with Gasteiger partial charge in [-0.1, -0.05) is 0 Å². The third-order valence-corrected chi connectivity index (χ3v) is 0. The predicted octanol–water partition coefficient (Wildman–Crippen LogP) is -5.65. The van der Waals surface area contributed by atoms with E-state index in [-0.39, 0.29) is 133 Å². The Morgan fingerprint density at radius 1 is 1.00 bits per heavy atom. The molecular weight excluding hydrogens is 605 g/mol. The van der Waals surface area contributed by atoms with E-state index in [1.807, 2.05) is 0 Å². The van der Waals surface area contributed by atoms with E-state index in [1.54, 1.807) is 0 Å². The molecule has 0 unspecified atom stereocenters. The van der Waals surface area contributed by atoms with Gasteiger partial charge in [-0.05, 0) is 0 Å². The molecule has 0 aromatic heterocycles. The fourth-order valence-electron chi connectivity index (χ4n) is 0. The van der Waals surface area contributed by atoms with Crippen LogP contribution in [0.25, 0.3) is 0 Å². The maximum Gasteiger partial charge on any atom is 0 e. The summed E-state index contributed by atoms with van der Waals surface area (Å²) < 4.78 is 0. The van der Waals surface area contributed by atoms with Crippen molar-refractivity contribution in [3.8, 4) is 0 Å². The van der Waals surface area contributed by atoms with Gasteiger partial charge >= 0.3 is 95.7 Å². The molecule has 0 bridgehead atoms. The van der Waals surface area contributed by atoms with Crippen molar-refractivity contribution in [1.29, 1.82) is 0 Å². The van der Waals surface area contributed by atoms with Crippen molar-refractivity contribution >= 4 is 113 Å². The molecule has 2 radical (unpaired) electrons. The fraction of sp³-hybridized carbons (Fsp3) is 0. The number of rotatable bonds is 0. The van der Waals surface area contributed by atoms with Gasteiger partial charge in [-0.25, -0.2) is 0 Å². The Bertz CT molecular complexity index is 15.5. The molecule has 6 heavy (non-hydrogen) atoms. The molecule has 0 atom stereocenters. The van der Waals surface area contributed by atoms with E-state index in [9.17, 15) is 0 Å². The molecule has 0 rings (SSSR count). The molecule has 0 amide bonds. The Morgan fingerprint density at radius 3 is 1.00 bits per heavy atom. The Morgan fingerprint density at radius 2 is 1.00 bits per heavy atom. The quantitative estimate of drug-likeness (QED) is 0.238. The smallest absolute Gasteiger partial charge is 0 e. The third-order valence-electron chi connectivity index (χ3n) is 0. The zero-order valence-electron chi connectivity index (χ0n) is 2.12. The molecule has 0 aliphatic carbocycles. The van der Waals surface area contributed by atoms with Crippen LogP contribution in [0.15, 0.2) is 0 Å². The average Bonchev–Trinajstić information content (AvgIpc) is 0. The molecule has 0 aromatic carbocycles. The summed E-state index contributed by atoms with van der Waals surface area (Å²) in [6.45, 7) is 0.